The van der Waals surface area contributed by atoms with Gasteiger partial charge in [0.2, 0.25) is 0 Å². The number of hydrogen-bond donors (Lipinski definition) is 2. The minimum atomic E-state index is 0.270. The van der Waals surface area contributed by atoms with Crippen LogP contribution in [-0.4, -0.2) is 37.8 Å². The molecule has 1 aromatic heterocycles. The van der Waals surface area contributed by atoms with E-state index in [9.17, 15) is 0 Å². The maximum absolute atomic E-state index is 5.70. The van der Waals surface area contributed by atoms with Crippen molar-refractivity contribution in [3.63, 3.8) is 0 Å². The number of aromatic nitrogens is 1. The topological polar surface area (TPSA) is 46.2 Å². The van der Waals surface area contributed by atoms with Gasteiger partial charge in [-0.2, -0.15) is 0 Å². The molecule has 2 atom stereocenters. The van der Waals surface area contributed by atoms with Crippen LogP contribution in [0.3, 0.4) is 0 Å². The van der Waals surface area contributed by atoms with Crippen LogP contribution in [0.25, 0.3) is 0 Å². The molecule has 16 heavy (non-hydrogen) atoms. The zero-order valence-corrected chi connectivity index (χ0v) is 9.65. The van der Waals surface area contributed by atoms with E-state index in [0.717, 1.165) is 31.8 Å². The van der Waals surface area contributed by atoms with Crippen LogP contribution >= 0.6 is 0 Å². The monoisotopic (exact) mass is 221 g/mol. The van der Waals surface area contributed by atoms with Crippen molar-refractivity contribution in [3.05, 3.63) is 30.1 Å². The van der Waals surface area contributed by atoms with Gasteiger partial charge in [0.25, 0.3) is 0 Å². The Labute approximate surface area is 96.4 Å². The quantitative estimate of drug-likeness (QED) is 0.786. The fourth-order valence-corrected chi connectivity index (χ4v) is 2.00. The lowest BCUT2D eigenvalue weighted by atomic mass is 10.0. The van der Waals surface area contributed by atoms with E-state index in [1.54, 1.807) is 0 Å². The van der Waals surface area contributed by atoms with Crippen LogP contribution in [0.1, 0.15) is 18.2 Å². The van der Waals surface area contributed by atoms with Gasteiger partial charge in [-0.05, 0) is 25.6 Å². The smallest absolute Gasteiger partial charge is 0.0718 e. The summed E-state index contributed by atoms with van der Waals surface area (Å²) in [6.45, 7) is 2.71. The second kappa shape index (κ2) is 5.94. The van der Waals surface area contributed by atoms with Crippen molar-refractivity contribution in [2.24, 2.45) is 0 Å². The van der Waals surface area contributed by atoms with E-state index in [0.29, 0.717) is 0 Å². The fourth-order valence-electron chi connectivity index (χ4n) is 2.00. The molecular weight excluding hydrogens is 202 g/mol. The first-order valence-corrected chi connectivity index (χ1v) is 5.80. The summed E-state index contributed by atoms with van der Waals surface area (Å²) in [6.07, 6.45) is 3.08. The van der Waals surface area contributed by atoms with Crippen molar-refractivity contribution in [3.8, 4) is 0 Å². The summed E-state index contributed by atoms with van der Waals surface area (Å²) < 4.78 is 5.70. The lowest BCUT2D eigenvalue weighted by molar-refractivity contribution is 0.0173. The zero-order valence-electron chi connectivity index (χ0n) is 9.65. The average Bonchev–Trinajstić information content (AvgIpc) is 2.38. The van der Waals surface area contributed by atoms with E-state index < -0.39 is 0 Å². The number of pyridine rings is 1. The van der Waals surface area contributed by atoms with Crippen molar-refractivity contribution in [2.45, 2.75) is 18.6 Å². The molecule has 0 radical (unpaired) electrons. The van der Waals surface area contributed by atoms with Crippen LogP contribution in [0, 0.1) is 0 Å². The third kappa shape index (κ3) is 3.01. The molecule has 1 aromatic rings. The number of morpholine rings is 1. The van der Waals surface area contributed by atoms with E-state index in [4.69, 9.17) is 4.74 Å². The fraction of sp³-hybridized carbons (Fsp3) is 0.583. The van der Waals surface area contributed by atoms with Crippen LogP contribution in [0.4, 0.5) is 0 Å². The minimum absolute atomic E-state index is 0.270. The number of hydrogen-bond acceptors (Lipinski definition) is 4. The molecule has 0 bridgehead atoms. The third-order valence-electron chi connectivity index (χ3n) is 2.90. The molecule has 0 aliphatic carbocycles. The zero-order chi connectivity index (χ0) is 11.2. The molecule has 0 amide bonds. The first-order valence-electron chi connectivity index (χ1n) is 5.80. The summed E-state index contributed by atoms with van der Waals surface area (Å²) in [5, 5.41) is 6.64. The van der Waals surface area contributed by atoms with E-state index in [2.05, 4.69) is 21.7 Å². The van der Waals surface area contributed by atoms with Gasteiger partial charge >= 0.3 is 0 Å². The molecule has 2 N–H and O–H groups in total. The van der Waals surface area contributed by atoms with E-state index >= 15 is 0 Å². The Morgan fingerprint density at radius 1 is 1.62 bits per heavy atom. The van der Waals surface area contributed by atoms with Crippen molar-refractivity contribution in [1.82, 2.24) is 15.6 Å². The second-order valence-electron chi connectivity index (χ2n) is 4.03. The molecule has 0 saturated carbocycles. The minimum Gasteiger partial charge on any atom is -0.376 e. The largest absolute Gasteiger partial charge is 0.376 e. The first-order chi connectivity index (χ1) is 7.90. The first kappa shape index (κ1) is 11.5. The predicted molar refractivity (Wildman–Crippen MR) is 63.3 cm³/mol. The Hall–Kier alpha value is -0.970. The summed E-state index contributed by atoms with van der Waals surface area (Å²) in [4.78, 5) is 4.38. The Morgan fingerprint density at radius 3 is 3.19 bits per heavy atom. The van der Waals surface area contributed by atoms with Crippen LogP contribution < -0.4 is 10.6 Å². The molecular formula is C12H19N3O. The Bertz CT molecular complexity index is 298. The van der Waals surface area contributed by atoms with Crippen LogP contribution in [0.15, 0.2) is 24.4 Å². The highest BCUT2D eigenvalue weighted by atomic mass is 16.5. The SMILES string of the molecule is CNC(CC1CNCCO1)c1ccccn1. The summed E-state index contributed by atoms with van der Waals surface area (Å²) in [5.41, 5.74) is 1.08. The Morgan fingerprint density at radius 2 is 2.56 bits per heavy atom. The van der Waals surface area contributed by atoms with Crippen molar-refractivity contribution in [2.75, 3.05) is 26.7 Å². The molecule has 0 spiro atoms. The van der Waals surface area contributed by atoms with Crippen LogP contribution in [-0.2, 0) is 4.74 Å². The van der Waals surface area contributed by atoms with Gasteiger partial charge in [-0.3, -0.25) is 4.98 Å². The molecule has 4 heteroatoms. The summed E-state index contributed by atoms with van der Waals surface area (Å²) in [6, 6.07) is 6.28. The highest BCUT2D eigenvalue weighted by Gasteiger charge is 2.19. The van der Waals surface area contributed by atoms with Gasteiger partial charge in [0.05, 0.1) is 24.4 Å². The van der Waals surface area contributed by atoms with Crippen LogP contribution in [0.5, 0.6) is 0 Å². The lowest BCUT2D eigenvalue weighted by Gasteiger charge is -2.27. The molecule has 1 aliphatic heterocycles. The highest BCUT2D eigenvalue weighted by molar-refractivity contribution is 5.08. The maximum atomic E-state index is 5.70. The number of rotatable bonds is 4. The van der Waals surface area contributed by atoms with Gasteiger partial charge in [-0.15, -0.1) is 0 Å². The molecule has 1 aliphatic rings. The van der Waals surface area contributed by atoms with Gasteiger partial charge in [0.1, 0.15) is 0 Å². The highest BCUT2D eigenvalue weighted by Crippen LogP contribution is 2.17. The number of nitrogens with zero attached hydrogens (tertiary/aromatic N) is 1. The molecule has 4 nitrogen and oxygen atoms in total. The molecule has 1 saturated heterocycles. The standard InChI is InChI=1S/C12H19N3O/c1-13-12(11-4-2-3-5-15-11)8-10-9-14-6-7-16-10/h2-5,10,12-14H,6-9H2,1H3. The Kier molecular flexibility index (Phi) is 4.27. The van der Waals surface area contributed by atoms with E-state index in [1.165, 1.54) is 0 Å². The van der Waals surface area contributed by atoms with Gasteiger partial charge in [0.15, 0.2) is 0 Å². The third-order valence-corrected chi connectivity index (χ3v) is 2.90. The molecule has 0 aromatic carbocycles. The van der Waals surface area contributed by atoms with Crippen molar-refractivity contribution in [1.29, 1.82) is 0 Å². The summed E-state index contributed by atoms with van der Waals surface area (Å²) in [5.74, 6) is 0. The molecule has 2 unspecified atom stereocenters. The van der Waals surface area contributed by atoms with Crippen molar-refractivity contribution >= 4 is 0 Å². The molecule has 88 valence electrons. The van der Waals surface area contributed by atoms with Crippen LogP contribution in [0.2, 0.25) is 0 Å². The average molecular weight is 221 g/mol. The lowest BCUT2D eigenvalue weighted by Crippen LogP contribution is -2.40. The van der Waals surface area contributed by atoms with Gasteiger partial charge in [0, 0.05) is 19.3 Å². The number of nitrogens with one attached hydrogen (secondary N) is 2. The van der Waals surface area contributed by atoms with E-state index in [-0.39, 0.29) is 12.1 Å². The Balaban J connectivity index is 1.94. The number of ether oxygens (including phenoxy) is 1. The normalized spacial score (nSPS) is 22.9. The second-order valence-corrected chi connectivity index (χ2v) is 4.03. The van der Waals surface area contributed by atoms with Gasteiger partial charge < -0.3 is 15.4 Å². The molecule has 2 rings (SSSR count). The van der Waals surface area contributed by atoms with Gasteiger partial charge in [-0.25, -0.2) is 0 Å². The van der Waals surface area contributed by atoms with E-state index in [1.807, 2.05) is 25.4 Å². The predicted octanol–water partition coefficient (Wildman–Crippen LogP) is 0.721. The van der Waals surface area contributed by atoms with Crippen molar-refractivity contribution < 1.29 is 4.74 Å². The summed E-state index contributed by atoms with van der Waals surface area (Å²) >= 11 is 0. The molecule has 1 fully saturated rings. The summed E-state index contributed by atoms with van der Waals surface area (Å²) in [7, 11) is 1.97. The van der Waals surface area contributed by atoms with Gasteiger partial charge in [-0.1, -0.05) is 6.07 Å². The molecule has 2 heterocycles. The maximum Gasteiger partial charge on any atom is 0.0718 e.